The van der Waals surface area contributed by atoms with E-state index in [9.17, 15) is 9.59 Å². The molecule has 5 rings (SSSR count). The lowest BCUT2D eigenvalue weighted by Gasteiger charge is -2.12. The van der Waals surface area contributed by atoms with E-state index in [2.05, 4.69) is 4.57 Å². The highest BCUT2D eigenvalue weighted by Gasteiger charge is 2.36. The molecule has 0 radical (unpaired) electrons. The summed E-state index contributed by atoms with van der Waals surface area (Å²) in [6.07, 6.45) is 1.77. The Morgan fingerprint density at radius 1 is 0.868 bits per heavy atom. The van der Waals surface area contributed by atoms with Crippen molar-refractivity contribution in [1.29, 1.82) is 0 Å². The average Bonchev–Trinajstić information content (AvgIpc) is 3.32. The van der Waals surface area contributed by atoms with Crippen molar-refractivity contribution in [2.24, 2.45) is 0 Å². The Bertz CT molecular complexity index is 1600. The summed E-state index contributed by atoms with van der Waals surface area (Å²) in [4.78, 5) is 27.2. The topological polar surface area (TPSA) is 51.5 Å². The van der Waals surface area contributed by atoms with Crippen molar-refractivity contribution in [3.8, 4) is 11.4 Å². The van der Waals surface area contributed by atoms with Gasteiger partial charge in [-0.15, -0.1) is 0 Å². The lowest BCUT2D eigenvalue weighted by molar-refractivity contribution is -0.113. The third-order valence-electron chi connectivity index (χ3n) is 6.12. The van der Waals surface area contributed by atoms with E-state index in [4.69, 9.17) is 39.5 Å². The van der Waals surface area contributed by atoms with Crippen LogP contribution in [0.1, 0.15) is 22.5 Å². The van der Waals surface area contributed by atoms with Gasteiger partial charge in [-0.05, 0) is 97.9 Å². The normalized spacial score (nSPS) is 14.6. The molecular weight excluding hydrogens is 563 g/mol. The number of aryl methyl sites for hydroxylation is 1. The van der Waals surface area contributed by atoms with Gasteiger partial charge in [-0.2, -0.15) is 0 Å². The molecule has 2 heterocycles. The van der Waals surface area contributed by atoms with E-state index < -0.39 is 0 Å². The van der Waals surface area contributed by atoms with Gasteiger partial charge in [0.2, 0.25) is 0 Å². The second kappa shape index (κ2) is 10.9. The molecular formula is C29H21Cl3N2O3S. The number of hydrogen-bond acceptors (Lipinski definition) is 4. The molecule has 4 aromatic rings. The van der Waals surface area contributed by atoms with E-state index >= 15 is 0 Å². The summed E-state index contributed by atoms with van der Waals surface area (Å²) in [5.41, 5.74) is 5.04. The van der Waals surface area contributed by atoms with Crippen molar-refractivity contribution in [3.05, 3.63) is 115 Å². The first-order chi connectivity index (χ1) is 18.2. The van der Waals surface area contributed by atoms with Crippen LogP contribution >= 0.6 is 46.6 Å². The van der Waals surface area contributed by atoms with E-state index in [1.807, 2.05) is 50.2 Å². The first-order valence-corrected chi connectivity index (χ1v) is 13.6. The Morgan fingerprint density at radius 3 is 2.32 bits per heavy atom. The molecule has 1 saturated heterocycles. The molecule has 2 amide bonds. The molecule has 0 unspecified atom stereocenters. The van der Waals surface area contributed by atoms with Gasteiger partial charge in [0.1, 0.15) is 12.4 Å². The molecule has 38 heavy (non-hydrogen) atoms. The monoisotopic (exact) mass is 582 g/mol. The Morgan fingerprint density at radius 2 is 1.61 bits per heavy atom. The highest BCUT2D eigenvalue weighted by Crippen LogP contribution is 2.37. The summed E-state index contributed by atoms with van der Waals surface area (Å²) >= 11 is 19.2. The number of thioether (sulfide) groups is 1. The maximum absolute atomic E-state index is 13.1. The van der Waals surface area contributed by atoms with E-state index in [1.165, 1.54) is 0 Å². The lowest BCUT2D eigenvalue weighted by atomic mass is 10.2. The molecule has 3 aromatic carbocycles. The van der Waals surface area contributed by atoms with Crippen molar-refractivity contribution in [2.45, 2.75) is 20.5 Å². The Hall–Kier alpha value is -3.16. The zero-order valence-electron chi connectivity index (χ0n) is 20.4. The molecule has 1 aliphatic heterocycles. The number of anilines is 1. The molecule has 1 fully saturated rings. The number of aromatic nitrogens is 1. The standard InChI is InChI=1S/C29H21Cl3N2O3S/c1-17-12-20(13-27-28(35)34(29(36)38-27)24-5-3-4-21(30)14-24)18(2)33(17)23-8-10-25(11-9-23)37-16-19-6-7-22(31)15-26(19)32/h3-15H,16H2,1-2H3/b27-13+. The highest BCUT2D eigenvalue weighted by atomic mass is 35.5. The number of nitrogens with zero attached hydrogens (tertiary/aromatic N) is 2. The van der Waals surface area contributed by atoms with Gasteiger partial charge in [-0.1, -0.05) is 46.9 Å². The third-order valence-corrected chi connectivity index (χ3v) is 7.81. The number of hydrogen-bond donors (Lipinski definition) is 0. The van der Waals surface area contributed by atoms with Crippen molar-refractivity contribution in [3.63, 3.8) is 0 Å². The average molecular weight is 584 g/mol. The number of amides is 2. The van der Waals surface area contributed by atoms with E-state index in [0.717, 1.165) is 44.9 Å². The molecule has 0 N–H and O–H groups in total. The smallest absolute Gasteiger partial charge is 0.298 e. The predicted octanol–water partition coefficient (Wildman–Crippen LogP) is 8.87. The van der Waals surface area contributed by atoms with Crippen LogP contribution in [0.15, 0.2) is 77.7 Å². The summed E-state index contributed by atoms with van der Waals surface area (Å²) in [5, 5.41) is 1.24. The summed E-state index contributed by atoms with van der Waals surface area (Å²) in [5.74, 6) is 0.339. The van der Waals surface area contributed by atoms with Crippen LogP contribution in [0.5, 0.6) is 5.75 Å². The summed E-state index contributed by atoms with van der Waals surface area (Å²) in [6.45, 7) is 4.30. The second-order valence-electron chi connectivity index (χ2n) is 8.68. The maximum atomic E-state index is 13.1. The third kappa shape index (κ3) is 5.36. The van der Waals surface area contributed by atoms with Gasteiger partial charge >= 0.3 is 0 Å². The molecule has 0 bridgehead atoms. The number of ether oxygens (including phenoxy) is 1. The SMILES string of the molecule is Cc1cc(/C=C2/SC(=O)N(c3cccc(Cl)c3)C2=O)c(C)n1-c1ccc(OCc2ccc(Cl)cc2Cl)cc1. The Balaban J connectivity index is 1.35. The van der Waals surface area contributed by atoms with Gasteiger partial charge in [0, 0.05) is 37.7 Å². The van der Waals surface area contributed by atoms with Crippen LogP contribution in [0.2, 0.25) is 15.1 Å². The minimum atomic E-state index is -0.366. The fourth-order valence-corrected chi connectivity index (χ4v) is 5.75. The van der Waals surface area contributed by atoms with Crippen LogP contribution in [0, 0.1) is 13.8 Å². The van der Waals surface area contributed by atoms with Gasteiger partial charge in [0.15, 0.2) is 0 Å². The first-order valence-electron chi connectivity index (χ1n) is 11.6. The first kappa shape index (κ1) is 26.4. The molecule has 0 saturated carbocycles. The molecule has 1 aromatic heterocycles. The van der Waals surface area contributed by atoms with Gasteiger partial charge in [-0.25, -0.2) is 4.90 Å². The summed E-state index contributed by atoms with van der Waals surface area (Å²) in [7, 11) is 0. The van der Waals surface area contributed by atoms with Crippen molar-refractivity contribution >= 4 is 69.5 Å². The minimum absolute atomic E-state index is 0.325. The largest absolute Gasteiger partial charge is 0.489 e. The quantitative estimate of drug-likeness (QED) is 0.213. The number of carbonyl (C=O) groups excluding carboxylic acids is 2. The summed E-state index contributed by atoms with van der Waals surface area (Å²) < 4.78 is 7.99. The van der Waals surface area contributed by atoms with Gasteiger partial charge in [0.05, 0.1) is 10.6 Å². The minimum Gasteiger partial charge on any atom is -0.489 e. The number of rotatable bonds is 6. The van der Waals surface area contributed by atoms with E-state index in [0.29, 0.717) is 38.0 Å². The van der Waals surface area contributed by atoms with Crippen LogP contribution in [-0.2, 0) is 11.4 Å². The molecule has 192 valence electrons. The Labute approximate surface area is 239 Å². The van der Waals surface area contributed by atoms with Crippen LogP contribution in [0.3, 0.4) is 0 Å². The van der Waals surface area contributed by atoms with Gasteiger partial charge < -0.3 is 9.30 Å². The maximum Gasteiger partial charge on any atom is 0.298 e. The molecule has 1 aliphatic rings. The predicted molar refractivity (Wildman–Crippen MR) is 156 cm³/mol. The molecule has 0 atom stereocenters. The van der Waals surface area contributed by atoms with Crippen LogP contribution in [0.25, 0.3) is 11.8 Å². The fourth-order valence-electron chi connectivity index (χ4n) is 4.27. The molecule has 0 spiro atoms. The van der Waals surface area contributed by atoms with E-state index in [1.54, 1.807) is 42.5 Å². The second-order valence-corrected chi connectivity index (χ2v) is 11.0. The molecule has 9 heteroatoms. The zero-order chi connectivity index (χ0) is 27.0. The zero-order valence-corrected chi connectivity index (χ0v) is 23.5. The van der Waals surface area contributed by atoms with Gasteiger partial charge in [-0.3, -0.25) is 9.59 Å². The van der Waals surface area contributed by atoms with Crippen molar-refractivity contribution in [1.82, 2.24) is 4.57 Å². The van der Waals surface area contributed by atoms with Crippen LogP contribution in [-0.4, -0.2) is 15.7 Å². The molecule has 0 aliphatic carbocycles. The number of halogens is 3. The number of benzene rings is 3. The summed E-state index contributed by atoms with van der Waals surface area (Å²) in [6, 6.07) is 21.7. The van der Waals surface area contributed by atoms with Crippen molar-refractivity contribution < 1.29 is 14.3 Å². The molecule has 5 nitrogen and oxygen atoms in total. The Kier molecular flexibility index (Phi) is 7.59. The van der Waals surface area contributed by atoms with Crippen molar-refractivity contribution in [2.75, 3.05) is 4.90 Å². The number of imide groups is 1. The number of carbonyl (C=O) groups is 2. The fraction of sp³-hybridized carbons (Fsp3) is 0.103. The van der Waals surface area contributed by atoms with E-state index in [-0.39, 0.29) is 11.1 Å². The lowest BCUT2D eigenvalue weighted by Crippen LogP contribution is -2.27. The van der Waals surface area contributed by atoms with Gasteiger partial charge in [0.25, 0.3) is 11.1 Å². The van der Waals surface area contributed by atoms with Crippen LogP contribution < -0.4 is 9.64 Å². The van der Waals surface area contributed by atoms with Crippen LogP contribution in [0.4, 0.5) is 10.5 Å². The highest BCUT2D eigenvalue weighted by molar-refractivity contribution is 8.19.